The van der Waals surface area contributed by atoms with Gasteiger partial charge in [-0.2, -0.15) is 9.50 Å². The maximum absolute atomic E-state index is 13.1. The van der Waals surface area contributed by atoms with Gasteiger partial charge in [-0.3, -0.25) is 14.5 Å². The third-order valence-corrected chi connectivity index (χ3v) is 7.83. The molecule has 0 bridgehead atoms. The summed E-state index contributed by atoms with van der Waals surface area (Å²) >= 11 is 2.92. The van der Waals surface area contributed by atoms with Crippen molar-refractivity contribution in [3.8, 4) is 0 Å². The molecule has 12 nitrogen and oxygen atoms in total. The van der Waals surface area contributed by atoms with E-state index in [4.69, 9.17) is 19.9 Å². The molecule has 202 valence electrons. The van der Waals surface area contributed by atoms with Gasteiger partial charge in [-0.25, -0.2) is 9.78 Å². The molecule has 2 atom stereocenters. The number of ether oxygens (including phenoxy) is 3. The standard InChI is InChI=1S/C22H28N6O6S2.ClH/c1-11-6-14(28-21(24-11)25-13(26-28)7-32-5)35-8-12-9-36-18-15(23)17(29)27(18)16(12)19(30)33-10-34-20(31)22(2,3)4;/h6,15,18H,7-10,23H2,1-5H3;1H/t15?,18-;/m1./s1. The van der Waals surface area contributed by atoms with Crippen LogP contribution in [0.4, 0.5) is 0 Å². The van der Waals surface area contributed by atoms with Crippen molar-refractivity contribution in [2.24, 2.45) is 11.1 Å². The molecule has 1 saturated heterocycles. The SMILES string of the molecule is COCc1nc2nc(C)cc(SCC3=C(C(=O)OCOC(=O)C(C)(C)C)N4C(=O)C(N)[C@H]4SC3)n2n1.Cl. The first-order chi connectivity index (χ1) is 17.0. The van der Waals surface area contributed by atoms with E-state index in [1.807, 2.05) is 13.0 Å². The lowest BCUT2D eigenvalue weighted by Crippen LogP contribution is -2.68. The highest BCUT2D eigenvalue weighted by Gasteiger charge is 2.52. The van der Waals surface area contributed by atoms with E-state index >= 15 is 0 Å². The highest BCUT2D eigenvalue weighted by Crippen LogP contribution is 2.41. The molecule has 37 heavy (non-hydrogen) atoms. The highest BCUT2D eigenvalue weighted by molar-refractivity contribution is 8.01. The van der Waals surface area contributed by atoms with Crippen molar-refractivity contribution in [1.82, 2.24) is 24.5 Å². The fourth-order valence-electron chi connectivity index (χ4n) is 3.55. The summed E-state index contributed by atoms with van der Waals surface area (Å²) in [6.45, 7) is 6.66. The summed E-state index contributed by atoms with van der Waals surface area (Å²) in [5.74, 6) is 0.219. The first-order valence-electron chi connectivity index (χ1n) is 11.1. The molecule has 2 N–H and O–H groups in total. The molecule has 4 rings (SSSR count). The van der Waals surface area contributed by atoms with E-state index in [2.05, 4.69) is 15.1 Å². The van der Waals surface area contributed by atoms with Crippen molar-refractivity contribution in [2.75, 3.05) is 25.4 Å². The Morgan fingerprint density at radius 3 is 2.68 bits per heavy atom. The normalized spacial score (nSPS) is 19.3. The average molecular weight is 573 g/mol. The van der Waals surface area contributed by atoms with Crippen LogP contribution in [0, 0.1) is 12.3 Å². The number of nitrogens with two attached hydrogens (primary N) is 1. The third-order valence-electron chi connectivity index (χ3n) is 5.39. The van der Waals surface area contributed by atoms with Crippen LogP contribution in [-0.2, 0) is 35.2 Å². The largest absolute Gasteiger partial charge is 0.427 e. The lowest BCUT2D eigenvalue weighted by molar-refractivity contribution is -0.173. The Kier molecular flexibility index (Phi) is 9.11. The zero-order chi connectivity index (χ0) is 26.2. The molecule has 2 aromatic heterocycles. The summed E-state index contributed by atoms with van der Waals surface area (Å²) < 4.78 is 17.1. The summed E-state index contributed by atoms with van der Waals surface area (Å²) in [5.41, 5.74) is 6.82. The molecule has 2 aromatic rings. The topological polar surface area (TPSA) is 151 Å². The molecule has 0 aliphatic carbocycles. The van der Waals surface area contributed by atoms with Gasteiger partial charge in [-0.15, -0.1) is 41.0 Å². The summed E-state index contributed by atoms with van der Waals surface area (Å²) in [4.78, 5) is 47.8. The van der Waals surface area contributed by atoms with Crippen molar-refractivity contribution in [2.45, 2.75) is 50.7 Å². The van der Waals surface area contributed by atoms with E-state index in [1.54, 1.807) is 32.4 Å². The van der Waals surface area contributed by atoms with Gasteiger partial charge in [0.05, 0.1) is 5.41 Å². The van der Waals surface area contributed by atoms with E-state index in [9.17, 15) is 14.4 Å². The van der Waals surface area contributed by atoms with Gasteiger partial charge in [-0.1, -0.05) is 0 Å². The summed E-state index contributed by atoms with van der Waals surface area (Å²) in [7, 11) is 1.56. The molecule has 0 saturated carbocycles. The van der Waals surface area contributed by atoms with E-state index in [1.165, 1.54) is 28.4 Å². The van der Waals surface area contributed by atoms with Gasteiger partial charge in [-0.05, 0) is 39.3 Å². The van der Waals surface area contributed by atoms with Gasteiger partial charge in [0.1, 0.15) is 28.7 Å². The number of hydrogen-bond donors (Lipinski definition) is 1. The number of hydrogen-bond acceptors (Lipinski definition) is 12. The van der Waals surface area contributed by atoms with Crippen molar-refractivity contribution < 1.29 is 28.6 Å². The maximum atomic E-state index is 13.1. The number of nitrogens with zero attached hydrogens (tertiary/aromatic N) is 5. The Hall–Kier alpha value is -2.39. The summed E-state index contributed by atoms with van der Waals surface area (Å²) in [5, 5.41) is 4.88. The molecule has 1 unspecified atom stereocenters. The average Bonchev–Trinajstić information content (AvgIpc) is 3.23. The van der Waals surface area contributed by atoms with Crippen LogP contribution in [-0.4, -0.2) is 79.2 Å². The first kappa shape index (κ1) is 29.2. The minimum atomic E-state index is -0.739. The molecular weight excluding hydrogens is 544 g/mol. The molecule has 15 heteroatoms. The smallest absolute Gasteiger partial charge is 0.357 e. The van der Waals surface area contributed by atoms with Crippen LogP contribution < -0.4 is 5.73 Å². The lowest BCUT2D eigenvalue weighted by atomic mass is 9.98. The Labute approximate surface area is 228 Å². The number of carbonyl (C=O) groups is 3. The Balaban J connectivity index is 0.00000380. The maximum Gasteiger partial charge on any atom is 0.357 e. The fraction of sp³-hybridized carbons (Fsp3) is 0.545. The lowest BCUT2D eigenvalue weighted by Gasteiger charge is -2.48. The number of thioether (sulfide) groups is 2. The van der Waals surface area contributed by atoms with Gasteiger partial charge >= 0.3 is 11.9 Å². The molecule has 1 amide bonds. The second kappa shape index (κ2) is 11.6. The fourth-order valence-corrected chi connectivity index (χ4v) is 6.03. The van der Waals surface area contributed by atoms with Crippen LogP contribution in [0.15, 0.2) is 22.4 Å². The number of carbonyl (C=O) groups excluding carboxylic acids is 3. The molecule has 0 aromatic carbocycles. The van der Waals surface area contributed by atoms with Crippen LogP contribution in [0.1, 0.15) is 32.3 Å². The molecule has 1 fully saturated rings. The van der Waals surface area contributed by atoms with Gasteiger partial charge in [0.2, 0.25) is 12.7 Å². The molecule has 4 heterocycles. The number of esters is 2. The van der Waals surface area contributed by atoms with Crippen LogP contribution in [0.2, 0.25) is 0 Å². The Bertz CT molecular complexity index is 1250. The van der Waals surface area contributed by atoms with Crippen LogP contribution >= 0.6 is 35.9 Å². The molecular formula is C22H29ClN6O6S2. The third kappa shape index (κ3) is 6.03. The number of fused-ring (bicyclic) bond motifs is 2. The summed E-state index contributed by atoms with van der Waals surface area (Å²) in [6, 6.07) is 1.19. The van der Waals surface area contributed by atoms with Crippen LogP contribution in [0.3, 0.4) is 0 Å². The molecule has 2 aliphatic heterocycles. The number of methoxy groups -OCH3 is 1. The molecule has 0 radical (unpaired) electrons. The van der Waals surface area contributed by atoms with Gasteiger partial charge in [0.15, 0.2) is 5.82 Å². The Morgan fingerprint density at radius 2 is 2.00 bits per heavy atom. The minimum Gasteiger partial charge on any atom is -0.427 e. The highest BCUT2D eigenvalue weighted by atomic mass is 35.5. The zero-order valence-electron chi connectivity index (χ0n) is 21.0. The number of aryl methyl sites for hydroxylation is 1. The monoisotopic (exact) mass is 572 g/mol. The second-order valence-electron chi connectivity index (χ2n) is 9.32. The van der Waals surface area contributed by atoms with Crippen LogP contribution in [0.25, 0.3) is 5.78 Å². The summed E-state index contributed by atoms with van der Waals surface area (Å²) in [6.07, 6.45) is 0. The van der Waals surface area contributed by atoms with Gasteiger partial charge in [0, 0.05) is 24.3 Å². The number of rotatable bonds is 8. The van der Waals surface area contributed by atoms with E-state index in [0.717, 1.165) is 10.7 Å². The predicted octanol–water partition coefficient (Wildman–Crippen LogP) is 1.68. The van der Waals surface area contributed by atoms with E-state index < -0.39 is 30.2 Å². The number of β-lactam (4-membered cyclic amide) rings is 1. The van der Waals surface area contributed by atoms with Crippen molar-refractivity contribution >= 4 is 59.6 Å². The van der Waals surface area contributed by atoms with Gasteiger partial charge in [0.25, 0.3) is 5.78 Å². The molecule has 2 aliphatic rings. The quantitative estimate of drug-likeness (QED) is 0.161. The number of aromatic nitrogens is 4. The van der Waals surface area contributed by atoms with Gasteiger partial charge < -0.3 is 19.9 Å². The second-order valence-corrected chi connectivity index (χ2v) is 11.4. The van der Waals surface area contributed by atoms with E-state index in [-0.39, 0.29) is 36.0 Å². The number of amides is 1. The van der Waals surface area contributed by atoms with Crippen molar-refractivity contribution in [3.05, 3.63) is 28.9 Å². The first-order valence-corrected chi connectivity index (χ1v) is 13.2. The molecule has 0 spiro atoms. The predicted molar refractivity (Wildman–Crippen MR) is 139 cm³/mol. The minimum absolute atomic E-state index is 0. The zero-order valence-corrected chi connectivity index (χ0v) is 23.5. The number of halogens is 1. The van der Waals surface area contributed by atoms with E-state index in [0.29, 0.717) is 28.7 Å². The van der Waals surface area contributed by atoms with Crippen molar-refractivity contribution in [1.29, 1.82) is 0 Å². The van der Waals surface area contributed by atoms with Crippen molar-refractivity contribution in [3.63, 3.8) is 0 Å². The van der Waals surface area contributed by atoms with Crippen LogP contribution in [0.5, 0.6) is 0 Å². The Morgan fingerprint density at radius 1 is 1.27 bits per heavy atom.